The van der Waals surface area contributed by atoms with Crippen molar-refractivity contribution in [2.45, 2.75) is 26.4 Å². The Bertz CT molecular complexity index is 236. The number of esters is 1. The molecule has 0 aliphatic carbocycles. The number of hydrogen-bond acceptors (Lipinski definition) is 6. The highest BCUT2D eigenvalue weighted by Gasteiger charge is 2.15. The second kappa shape index (κ2) is 12.1. The fraction of sp³-hybridized carbons (Fsp3) is 0.857. The van der Waals surface area contributed by atoms with Gasteiger partial charge in [0, 0.05) is 6.61 Å². The molecule has 0 bridgehead atoms. The summed E-state index contributed by atoms with van der Waals surface area (Å²) in [6.07, 6.45) is 0. The quantitative estimate of drug-likeness (QED) is 0.398. The molecule has 0 aliphatic rings. The number of hydrogen-bond donors (Lipinski definition) is 0. The van der Waals surface area contributed by atoms with Gasteiger partial charge in [0.1, 0.15) is 12.2 Å². The first-order valence-electron chi connectivity index (χ1n) is 6.78. The SMILES string of the molecule is [CH2]COCCOCCOCCOCC(=O)OC(C)(C)C. The fourth-order valence-electron chi connectivity index (χ4n) is 1.19. The summed E-state index contributed by atoms with van der Waals surface area (Å²) in [7, 11) is 0. The molecule has 0 amide bonds. The molecule has 0 saturated heterocycles. The molecule has 0 fully saturated rings. The van der Waals surface area contributed by atoms with E-state index in [4.69, 9.17) is 23.7 Å². The largest absolute Gasteiger partial charge is 0.458 e. The maximum Gasteiger partial charge on any atom is 0.332 e. The third-order valence-corrected chi connectivity index (χ3v) is 1.90. The predicted molar refractivity (Wildman–Crippen MR) is 74.5 cm³/mol. The van der Waals surface area contributed by atoms with Crippen LogP contribution in [0.5, 0.6) is 0 Å². The molecule has 1 radical (unpaired) electrons. The van der Waals surface area contributed by atoms with Crippen molar-refractivity contribution >= 4 is 5.97 Å². The Labute approximate surface area is 121 Å². The van der Waals surface area contributed by atoms with Crippen molar-refractivity contribution in [2.24, 2.45) is 0 Å². The minimum Gasteiger partial charge on any atom is -0.458 e. The molecule has 0 heterocycles. The first-order chi connectivity index (χ1) is 9.45. The lowest BCUT2D eigenvalue weighted by molar-refractivity contribution is -0.160. The second-order valence-corrected chi connectivity index (χ2v) is 4.98. The van der Waals surface area contributed by atoms with E-state index >= 15 is 0 Å². The van der Waals surface area contributed by atoms with Crippen molar-refractivity contribution in [1.82, 2.24) is 0 Å². The van der Waals surface area contributed by atoms with Crippen LogP contribution < -0.4 is 0 Å². The lowest BCUT2D eigenvalue weighted by Gasteiger charge is -2.19. The highest BCUT2D eigenvalue weighted by molar-refractivity contribution is 5.71. The highest BCUT2D eigenvalue weighted by atomic mass is 16.6. The van der Waals surface area contributed by atoms with E-state index in [-0.39, 0.29) is 12.6 Å². The monoisotopic (exact) mass is 291 g/mol. The molecule has 0 aliphatic heterocycles. The zero-order valence-corrected chi connectivity index (χ0v) is 12.8. The minimum atomic E-state index is -0.480. The summed E-state index contributed by atoms with van der Waals surface area (Å²) < 4.78 is 25.7. The molecule has 0 unspecified atom stereocenters. The third kappa shape index (κ3) is 15.4. The zero-order chi connectivity index (χ0) is 15.3. The third-order valence-electron chi connectivity index (χ3n) is 1.90. The van der Waals surface area contributed by atoms with Crippen LogP contribution in [0, 0.1) is 6.92 Å². The van der Waals surface area contributed by atoms with Gasteiger partial charge in [-0.1, -0.05) is 0 Å². The molecule has 0 atom stereocenters. The van der Waals surface area contributed by atoms with Crippen LogP contribution in [0.15, 0.2) is 0 Å². The van der Waals surface area contributed by atoms with Gasteiger partial charge in [0.15, 0.2) is 0 Å². The van der Waals surface area contributed by atoms with Gasteiger partial charge in [0.05, 0.1) is 39.6 Å². The van der Waals surface area contributed by atoms with Crippen LogP contribution in [0.3, 0.4) is 0 Å². The van der Waals surface area contributed by atoms with E-state index in [1.54, 1.807) is 0 Å². The summed E-state index contributed by atoms with van der Waals surface area (Å²) in [5, 5.41) is 0. The summed E-state index contributed by atoms with van der Waals surface area (Å²) in [5.74, 6) is -0.369. The Morgan fingerprint density at radius 3 is 1.75 bits per heavy atom. The van der Waals surface area contributed by atoms with Gasteiger partial charge in [-0.25, -0.2) is 4.79 Å². The van der Waals surface area contributed by atoms with E-state index in [9.17, 15) is 4.79 Å². The maximum absolute atomic E-state index is 11.3. The summed E-state index contributed by atoms with van der Waals surface area (Å²) in [6, 6.07) is 0. The smallest absolute Gasteiger partial charge is 0.332 e. The molecule has 6 nitrogen and oxygen atoms in total. The average molecular weight is 291 g/mol. The van der Waals surface area contributed by atoms with Gasteiger partial charge in [0.25, 0.3) is 0 Å². The van der Waals surface area contributed by atoms with Gasteiger partial charge in [-0.15, -0.1) is 0 Å². The molecule has 0 rings (SSSR count). The molecule has 119 valence electrons. The molecule has 0 aromatic heterocycles. The zero-order valence-electron chi connectivity index (χ0n) is 12.8. The molecule has 6 heteroatoms. The van der Waals surface area contributed by atoms with Gasteiger partial charge >= 0.3 is 5.97 Å². The molecule has 0 aromatic carbocycles. The maximum atomic E-state index is 11.3. The fourth-order valence-corrected chi connectivity index (χ4v) is 1.19. The molecule has 20 heavy (non-hydrogen) atoms. The first-order valence-corrected chi connectivity index (χ1v) is 6.78. The van der Waals surface area contributed by atoms with Crippen molar-refractivity contribution in [3.63, 3.8) is 0 Å². The number of carbonyl (C=O) groups is 1. The van der Waals surface area contributed by atoms with Crippen LogP contribution in [-0.2, 0) is 28.5 Å². The normalized spacial score (nSPS) is 11.6. The van der Waals surface area contributed by atoms with Crippen molar-refractivity contribution < 1.29 is 28.5 Å². The van der Waals surface area contributed by atoms with Crippen LogP contribution in [0.2, 0.25) is 0 Å². The Morgan fingerprint density at radius 1 is 0.850 bits per heavy atom. The van der Waals surface area contributed by atoms with Crippen molar-refractivity contribution in [1.29, 1.82) is 0 Å². The molecule has 0 aromatic rings. The van der Waals surface area contributed by atoms with E-state index in [2.05, 4.69) is 6.92 Å². The van der Waals surface area contributed by atoms with Crippen LogP contribution in [0.4, 0.5) is 0 Å². The molecule has 0 N–H and O–H groups in total. The van der Waals surface area contributed by atoms with Gasteiger partial charge in [0.2, 0.25) is 0 Å². The van der Waals surface area contributed by atoms with E-state index in [1.807, 2.05) is 20.8 Å². The first kappa shape index (κ1) is 19.3. The van der Waals surface area contributed by atoms with E-state index in [1.165, 1.54) is 0 Å². The van der Waals surface area contributed by atoms with Crippen LogP contribution >= 0.6 is 0 Å². The van der Waals surface area contributed by atoms with Crippen molar-refractivity contribution in [3.05, 3.63) is 6.92 Å². The van der Waals surface area contributed by atoms with Gasteiger partial charge < -0.3 is 23.7 Å². The number of ether oxygens (including phenoxy) is 5. The molecule has 0 saturated carbocycles. The Hall–Kier alpha value is -0.690. The second-order valence-electron chi connectivity index (χ2n) is 4.98. The number of carbonyl (C=O) groups excluding carboxylic acids is 1. The Morgan fingerprint density at radius 2 is 1.30 bits per heavy atom. The van der Waals surface area contributed by atoms with E-state index in [0.717, 1.165) is 0 Å². The Kier molecular flexibility index (Phi) is 11.7. The van der Waals surface area contributed by atoms with Gasteiger partial charge in [-0.2, -0.15) is 0 Å². The molecular weight excluding hydrogens is 264 g/mol. The summed E-state index contributed by atoms with van der Waals surface area (Å²) in [5.41, 5.74) is -0.480. The van der Waals surface area contributed by atoms with Gasteiger partial charge in [-0.3, -0.25) is 0 Å². The van der Waals surface area contributed by atoms with Crippen molar-refractivity contribution in [2.75, 3.05) is 52.9 Å². The summed E-state index contributed by atoms with van der Waals surface area (Å²) in [6.45, 7) is 12.2. The van der Waals surface area contributed by atoms with Gasteiger partial charge in [-0.05, 0) is 27.7 Å². The topological polar surface area (TPSA) is 63.2 Å². The number of rotatable bonds is 12. The lowest BCUT2D eigenvalue weighted by Crippen LogP contribution is -2.27. The summed E-state index contributed by atoms with van der Waals surface area (Å²) >= 11 is 0. The average Bonchev–Trinajstić information content (AvgIpc) is 2.34. The minimum absolute atomic E-state index is 0.0560. The predicted octanol–water partition coefficient (Wildman–Crippen LogP) is 1.23. The molecular formula is C14H27O6. The van der Waals surface area contributed by atoms with Crippen LogP contribution in [-0.4, -0.2) is 64.4 Å². The van der Waals surface area contributed by atoms with Crippen LogP contribution in [0.1, 0.15) is 20.8 Å². The summed E-state index contributed by atoms with van der Waals surface area (Å²) in [4.78, 5) is 11.3. The van der Waals surface area contributed by atoms with Crippen LogP contribution in [0.25, 0.3) is 0 Å². The lowest BCUT2D eigenvalue weighted by atomic mass is 10.2. The van der Waals surface area contributed by atoms with E-state index < -0.39 is 5.60 Å². The van der Waals surface area contributed by atoms with Crippen molar-refractivity contribution in [3.8, 4) is 0 Å². The Balaban J connectivity index is 3.19. The highest BCUT2D eigenvalue weighted by Crippen LogP contribution is 2.06. The van der Waals surface area contributed by atoms with E-state index in [0.29, 0.717) is 46.2 Å². The standard InChI is InChI=1S/C14H27O6/c1-5-16-6-7-17-8-9-18-10-11-19-12-13(15)20-14(2,3)4/h1,5-12H2,2-4H3. The molecule has 0 spiro atoms.